The van der Waals surface area contributed by atoms with Crippen LogP contribution in [0.5, 0.6) is 0 Å². The molecule has 0 aliphatic carbocycles. The number of esters is 1. The molecule has 1 atom stereocenters. The SMILES string of the molecule is CCOC(=O)c1c(NC(=O)[C@H]2Cc3ccccc3S2)sc(C)c1C. The number of nitrogens with one attached hydrogen (secondary N) is 1. The molecule has 0 bridgehead atoms. The molecule has 1 aliphatic rings. The van der Waals surface area contributed by atoms with Crippen molar-refractivity contribution in [1.29, 1.82) is 0 Å². The predicted octanol–water partition coefficient (Wildman–Crippen LogP) is 4.20. The van der Waals surface area contributed by atoms with Crippen molar-refractivity contribution < 1.29 is 14.3 Å². The third-order valence-corrected chi connectivity index (χ3v) is 6.48. The second kappa shape index (κ2) is 6.99. The Morgan fingerprint density at radius 1 is 1.29 bits per heavy atom. The van der Waals surface area contributed by atoms with Crippen LogP contribution in [-0.2, 0) is 16.0 Å². The van der Waals surface area contributed by atoms with E-state index in [9.17, 15) is 9.59 Å². The fraction of sp³-hybridized carbons (Fsp3) is 0.333. The maximum Gasteiger partial charge on any atom is 0.341 e. The van der Waals surface area contributed by atoms with E-state index in [4.69, 9.17) is 4.74 Å². The van der Waals surface area contributed by atoms with Crippen LogP contribution in [-0.4, -0.2) is 23.7 Å². The zero-order valence-electron chi connectivity index (χ0n) is 13.8. The first-order valence-corrected chi connectivity index (χ1v) is 9.53. The number of ether oxygens (including phenoxy) is 1. The van der Waals surface area contributed by atoms with Gasteiger partial charge in [-0.1, -0.05) is 18.2 Å². The largest absolute Gasteiger partial charge is 0.462 e. The highest BCUT2D eigenvalue weighted by molar-refractivity contribution is 8.01. The summed E-state index contributed by atoms with van der Waals surface area (Å²) in [5.41, 5.74) is 2.55. The van der Waals surface area contributed by atoms with Crippen molar-refractivity contribution in [2.24, 2.45) is 0 Å². The lowest BCUT2D eigenvalue weighted by Gasteiger charge is -2.10. The van der Waals surface area contributed by atoms with E-state index in [1.54, 1.807) is 18.7 Å². The van der Waals surface area contributed by atoms with Crippen molar-refractivity contribution in [2.75, 3.05) is 11.9 Å². The highest BCUT2D eigenvalue weighted by Gasteiger charge is 2.30. The van der Waals surface area contributed by atoms with Crippen LogP contribution in [0.15, 0.2) is 29.2 Å². The topological polar surface area (TPSA) is 55.4 Å². The van der Waals surface area contributed by atoms with Gasteiger partial charge in [-0.05, 0) is 44.4 Å². The first kappa shape index (κ1) is 17.0. The summed E-state index contributed by atoms with van der Waals surface area (Å²) in [6.07, 6.45) is 0.713. The third kappa shape index (κ3) is 3.21. The van der Waals surface area contributed by atoms with Crippen LogP contribution in [0.2, 0.25) is 0 Å². The van der Waals surface area contributed by atoms with Gasteiger partial charge in [-0.3, -0.25) is 4.79 Å². The summed E-state index contributed by atoms with van der Waals surface area (Å²) in [7, 11) is 0. The minimum absolute atomic E-state index is 0.0667. The molecule has 1 aromatic heterocycles. The Morgan fingerprint density at radius 2 is 2.04 bits per heavy atom. The normalized spacial score (nSPS) is 15.9. The number of fused-ring (bicyclic) bond motifs is 1. The Bertz CT molecular complexity index is 773. The average molecular weight is 361 g/mol. The first-order valence-electron chi connectivity index (χ1n) is 7.83. The van der Waals surface area contributed by atoms with Crippen LogP contribution in [0.3, 0.4) is 0 Å². The first-order chi connectivity index (χ1) is 11.5. The van der Waals surface area contributed by atoms with Crippen LogP contribution < -0.4 is 5.32 Å². The molecule has 1 N–H and O–H groups in total. The number of aryl methyl sites for hydroxylation is 1. The smallest absolute Gasteiger partial charge is 0.341 e. The minimum Gasteiger partial charge on any atom is -0.462 e. The predicted molar refractivity (Wildman–Crippen MR) is 98.2 cm³/mol. The summed E-state index contributed by atoms with van der Waals surface area (Å²) >= 11 is 3.00. The van der Waals surface area contributed by atoms with Gasteiger partial charge in [-0.25, -0.2) is 4.79 Å². The molecule has 6 heteroatoms. The number of carbonyl (C=O) groups excluding carboxylic acids is 2. The van der Waals surface area contributed by atoms with Gasteiger partial charge in [0, 0.05) is 9.77 Å². The molecular formula is C18H19NO3S2. The quantitative estimate of drug-likeness (QED) is 0.830. The van der Waals surface area contributed by atoms with Gasteiger partial charge >= 0.3 is 5.97 Å². The van der Waals surface area contributed by atoms with Crippen molar-refractivity contribution >= 4 is 40.0 Å². The van der Waals surface area contributed by atoms with E-state index in [0.717, 1.165) is 15.3 Å². The molecule has 0 saturated heterocycles. The van der Waals surface area contributed by atoms with Gasteiger partial charge in [-0.2, -0.15) is 0 Å². The standard InChI is InChI=1S/C18H19NO3S2/c1-4-22-18(21)15-10(2)11(3)23-17(15)19-16(20)14-9-12-7-5-6-8-13(12)24-14/h5-8,14H,4,9H2,1-3H3,(H,19,20)/t14-/m1/s1. The van der Waals surface area contributed by atoms with Crippen LogP contribution in [0.25, 0.3) is 0 Å². The van der Waals surface area contributed by atoms with Gasteiger partial charge in [0.2, 0.25) is 5.91 Å². The van der Waals surface area contributed by atoms with E-state index in [0.29, 0.717) is 23.6 Å². The van der Waals surface area contributed by atoms with E-state index in [-0.39, 0.29) is 17.1 Å². The second-order valence-corrected chi connectivity index (χ2v) is 8.08. The molecule has 1 aliphatic heterocycles. The highest BCUT2D eigenvalue weighted by Crippen LogP contribution is 2.38. The van der Waals surface area contributed by atoms with E-state index in [1.807, 2.05) is 32.0 Å². The molecule has 0 fully saturated rings. The minimum atomic E-state index is -0.378. The van der Waals surface area contributed by atoms with E-state index >= 15 is 0 Å². The molecule has 1 amide bonds. The highest BCUT2D eigenvalue weighted by atomic mass is 32.2. The summed E-state index contributed by atoms with van der Waals surface area (Å²) in [6.45, 7) is 5.91. The van der Waals surface area contributed by atoms with Crippen LogP contribution in [0.1, 0.15) is 33.3 Å². The maximum atomic E-state index is 12.7. The zero-order valence-corrected chi connectivity index (χ0v) is 15.5. The van der Waals surface area contributed by atoms with Crippen molar-refractivity contribution in [3.05, 3.63) is 45.8 Å². The van der Waals surface area contributed by atoms with Gasteiger partial charge in [0.1, 0.15) is 5.00 Å². The van der Waals surface area contributed by atoms with Crippen LogP contribution >= 0.6 is 23.1 Å². The van der Waals surface area contributed by atoms with Crippen molar-refractivity contribution in [3.63, 3.8) is 0 Å². The van der Waals surface area contributed by atoms with Crippen LogP contribution in [0.4, 0.5) is 5.00 Å². The number of anilines is 1. The Hall–Kier alpha value is -1.79. The summed E-state index contributed by atoms with van der Waals surface area (Å²) in [5.74, 6) is -0.444. The van der Waals surface area contributed by atoms with E-state index < -0.39 is 0 Å². The maximum absolute atomic E-state index is 12.7. The van der Waals surface area contributed by atoms with Gasteiger partial charge in [0.25, 0.3) is 0 Å². The molecule has 0 spiro atoms. The Kier molecular flexibility index (Phi) is 4.96. The average Bonchev–Trinajstić information content (AvgIpc) is 3.09. The molecule has 4 nitrogen and oxygen atoms in total. The molecule has 0 unspecified atom stereocenters. The van der Waals surface area contributed by atoms with Crippen molar-refractivity contribution in [2.45, 2.75) is 37.3 Å². The van der Waals surface area contributed by atoms with Crippen molar-refractivity contribution in [3.8, 4) is 0 Å². The Balaban J connectivity index is 1.78. The summed E-state index contributed by atoms with van der Waals surface area (Å²) in [4.78, 5) is 27.0. The van der Waals surface area contributed by atoms with E-state index in [2.05, 4.69) is 11.4 Å². The summed E-state index contributed by atoms with van der Waals surface area (Å²) in [6, 6.07) is 8.07. The second-order valence-electron chi connectivity index (χ2n) is 5.62. The number of hydrogen-bond acceptors (Lipinski definition) is 5. The fourth-order valence-corrected chi connectivity index (χ4v) is 4.93. The van der Waals surface area contributed by atoms with Gasteiger partial charge in [0.05, 0.1) is 17.4 Å². The van der Waals surface area contributed by atoms with Gasteiger partial charge in [0.15, 0.2) is 0 Å². The van der Waals surface area contributed by atoms with Crippen LogP contribution in [0, 0.1) is 13.8 Å². The monoisotopic (exact) mass is 361 g/mol. The molecule has 1 aromatic carbocycles. The lowest BCUT2D eigenvalue weighted by atomic mass is 10.1. The fourth-order valence-electron chi connectivity index (χ4n) is 2.68. The number of hydrogen-bond donors (Lipinski definition) is 1. The Morgan fingerprint density at radius 3 is 2.75 bits per heavy atom. The number of carbonyl (C=O) groups is 2. The number of thiophene rings is 1. The number of amides is 1. The summed E-state index contributed by atoms with van der Waals surface area (Å²) in [5, 5.41) is 3.37. The third-order valence-electron chi connectivity index (χ3n) is 4.04. The number of thioether (sulfide) groups is 1. The molecule has 3 rings (SSSR count). The Labute approximate surface area is 149 Å². The van der Waals surface area contributed by atoms with E-state index in [1.165, 1.54) is 16.9 Å². The molecule has 2 aromatic rings. The lowest BCUT2D eigenvalue weighted by molar-refractivity contribution is -0.115. The number of benzene rings is 1. The number of rotatable bonds is 4. The lowest BCUT2D eigenvalue weighted by Crippen LogP contribution is -2.25. The zero-order chi connectivity index (χ0) is 17.3. The van der Waals surface area contributed by atoms with Gasteiger partial charge < -0.3 is 10.1 Å². The van der Waals surface area contributed by atoms with Gasteiger partial charge in [-0.15, -0.1) is 23.1 Å². The molecule has 24 heavy (non-hydrogen) atoms. The van der Waals surface area contributed by atoms with Crippen molar-refractivity contribution in [1.82, 2.24) is 0 Å². The molecular weight excluding hydrogens is 342 g/mol. The molecule has 2 heterocycles. The molecule has 0 radical (unpaired) electrons. The molecule has 126 valence electrons. The summed E-state index contributed by atoms with van der Waals surface area (Å²) < 4.78 is 5.13. The molecule has 0 saturated carbocycles.